The molecule has 0 saturated carbocycles. The van der Waals surface area contributed by atoms with Crippen LogP contribution in [0.15, 0.2) is 42.5 Å². The Morgan fingerprint density at radius 2 is 1.74 bits per heavy atom. The summed E-state index contributed by atoms with van der Waals surface area (Å²) in [5.74, 6) is 0.191. The molecule has 0 spiro atoms. The fourth-order valence-electron chi connectivity index (χ4n) is 2.06. The van der Waals surface area contributed by atoms with Gasteiger partial charge in [0, 0.05) is 17.9 Å². The number of aryl methyl sites for hydroxylation is 2. The summed E-state index contributed by atoms with van der Waals surface area (Å²) in [6.45, 7) is 4.14. The molecular weight excluding hydrogens is 256 g/mol. The maximum Gasteiger partial charge on any atom is 0.141 e. The minimum absolute atomic E-state index is 0.191. The smallest absolute Gasteiger partial charge is 0.141 e. The molecule has 0 aliphatic rings. The van der Waals surface area contributed by atoms with Crippen LogP contribution in [-0.4, -0.2) is 5.78 Å². The lowest BCUT2D eigenvalue weighted by atomic mass is 9.99. The summed E-state index contributed by atoms with van der Waals surface area (Å²) < 4.78 is 0. The second kappa shape index (κ2) is 6.03. The van der Waals surface area contributed by atoms with E-state index in [-0.39, 0.29) is 5.78 Å². The Hall–Kier alpha value is -1.60. The van der Waals surface area contributed by atoms with Gasteiger partial charge >= 0.3 is 0 Å². The highest BCUT2D eigenvalue weighted by atomic mass is 35.5. The molecule has 19 heavy (non-hydrogen) atoms. The summed E-state index contributed by atoms with van der Waals surface area (Å²) in [6.07, 6.45) is 0.860. The van der Waals surface area contributed by atoms with Gasteiger partial charge in [-0.25, -0.2) is 0 Å². The Bertz CT molecular complexity index is 602. The van der Waals surface area contributed by atoms with E-state index in [0.29, 0.717) is 17.9 Å². The molecule has 0 saturated heterocycles. The number of benzene rings is 2. The van der Waals surface area contributed by atoms with Crippen LogP contribution in [0.3, 0.4) is 0 Å². The number of hydrogen-bond donors (Lipinski definition) is 0. The van der Waals surface area contributed by atoms with Gasteiger partial charge in [0.2, 0.25) is 0 Å². The van der Waals surface area contributed by atoms with Crippen molar-refractivity contribution >= 4 is 17.4 Å². The van der Waals surface area contributed by atoms with Gasteiger partial charge in [-0.2, -0.15) is 0 Å². The Morgan fingerprint density at radius 1 is 1.00 bits per heavy atom. The molecular formula is C17H17ClO. The normalized spacial score (nSPS) is 10.5. The molecule has 2 rings (SSSR count). The summed E-state index contributed by atoms with van der Waals surface area (Å²) in [4.78, 5) is 12.1. The molecule has 2 aromatic carbocycles. The highest BCUT2D eigenvalue weighted by Crippen LogP contribution is 2.17. The summed E-state index contributed by atoms with van der Waals surface area (Å²) in [6, 6.07) is 13.7. The number of hydrogen-bond acceptors (Lipinski definition) is 1. The molecule has 1 nitrogen and oxygen atoms in total. The molecule has 0 atom stereocenters. The molecule has 2 aromatic rings. The van der Waals surface area contributed by atoms with Crippen molar-refractivity contribution in [3.63, 3.8) is 0 Å². The second-order valence-electron chi connectivity index (χ2n) is 4.90. The van der Waals surface area contributed by atoms with Crippen molar-refractivity contribution in [2.24, 2.45) is 0 Å². The number of carbonyl (C=O) groups excluding carboxylic acids is 1. The van der Waals surface area contributed by atoms with E-state index in [1.165, 1.54) is 11.1 Å². The van der Waals surface area contributed by atoms with Crippen molar-refractivity contribution in [3.8, 4) is 0 Å². The van der Waals surface area contributed by atoms with Gasteiger partial charge < -0.3 is 0 Å². The Kier molecular flexibility index (Phi) is 4.39. The number of ketones is 1. The predicted molar refractivity (Wildman–Crippen MR) is 79.8 cm³/mol. The first-order chi connectivity index (χ1) is 9.06. The van der Waals surface area contributed by atoms with Crippen molar-refractivity contribution < 1.29 is 4.79 Å². The van der Waals surface area contributed by atoms with Crippen LogP contribution in [0.4, 0.5) is 0 Å². The number of Topliss-reactive ketones (excluding diaryl/α,β-unsaturated/α-hetero) is 1. The minimum Gasteiger partial charge on any atom is -0.299 e. The van der Waals surface area contributed by atoms with Crippen LogP contribution in [0, 0.1) is 13.8 Å². The minimum atomic E-state index is 0.191. The van der Waals surface area contributed by atoms with Crippen LogP contribution in [0.5, 0.6) is 0 Å². The number of carbonyl (C=O) groups is 1. The third kappa shape index (κ3) is 3.68. The van der Waals surface area contributed by atoms with Gasteiger partial charge in [-0.15, -0.1) is 0 Å². The fraction of sp³-hybridized carbons (Fsp3) is 0.235. The van der Waals surface area contributed by atoms with E-state index < -0.39 is 0 Å². The summed E-state index contributed by atoms with van der Waals surface area (Å²) in [5, 5.41) is 0.663. The third-order valence-corrected chi connectivity index (χ3v) is 3.69. The van der Waals surface area contributed by atoms with Gasteiger partial charge in [0.25, 0.3) is 0 Å². The van der Waals surface area contributed by atoms with E-state index in [0.717, 1.165) is 11.1 Å². The molecule has 0 fully saturated rings. The summed E-state index contributed by atoms with van der Waals surface area (Å²) in [7, 11) is 0. The van der Waals surface area contributed by atoms with Gasteiger partial charge in [0.1, 0.15) is 5.78 Å². The predicted octanol–water partition coefficient (Wildman–Crippen LogP) is 4.31. The van der Waals surface area contributed by atoms with Gasteiger partial charge in [-0.05, 0) is 42.2 Å². The second-order valence-corrected chi connectivity index (χ2v) is 5.31. The van der Waals surface area contributed by atoms with Crippen LogP contribution >= 0.6 is 11.6 Å². The first-order valence-electron chi connectivity index (χ1n) is 6.37. The maximum absolute atomic E-state index is 12.1. The zero-order valence-electron chi connectivity index (χ0n) is 11.2. The number of halogens is 1. The van der Waals surface area contributed by atoms with Gasteiger partial charge in [-0.1, -0.05) is 48.0 Å². The van der Waals surface area contributed by atoms with Crippen LogP contribution in [-0.2, 0) is 17.6 Å². The lowest BCUT2D eigenvalue weighted by Gasteiger charge is -2.06. The van der Waals surface area contributed by atoms with E-state index in [1.807, 2.05) is 30.3 Å². The zero-order valence-corrected chi connectivity index (χ0v) is 12.0. The van der Waals surface area contributed by atoms with E-state index in [9.17, 15) is 4.79 Å². The molecule has 0 bridgehead atoms. The van der Waals surface area contributed by atoms with Crippen molar-refractivity contribution in [2.45, 2.75) is 26.7 Å². The molecule has 0 unspecified atom stereocenters. The standard InChI is InChI=1S/C17H17ClO/c1-12-7-8-14(9-13(12)2)10-16(19)11-15-5-3-4-6-17(15)18/h3-9H,10-11H2,1-2H3. The lowest BCUT2D eigenvalue weighted by Crippen LogP contribution is -2.07. The molecule has 0 aromatic heterocycles. The molecule has 98 valence electrons. The summed E-state index contributed by atoms with van der Waals surface area (Å²) in [5.41, 5.74) is 4.45. The first kappa shape index (κ1) is 13.8. The fourth-order valence-corrected chi connectivity index (χ4v) is 2.26. The van der Waals surface area contributed by atoms with Crippen LogP contribution in [0.25, 0.3) is 0 Å². The quantitative estimate of drug-likeness (QED) is 0.810. The Morgan fingerprint density at radius 3 is 2.42 bits per heavy atom. The van der Waals surface area contributed by atoms with Crippen molar-refractivity contribution in [3.05, 3.63) is 69.7 Å². The topological polar surface area (TPSA) is 17.1 Å². The first-order valence-corrected chi connectivity index (χ1v) is 6.75. The summed E-state index contributed by atoms with van der Waals surface area (Å²) >= 11 is 6.07. The van der Waals surface area contributed by atoms with Crippen molar-refractivity contribution in [2.75, 3.05) is 0 Å². The van der Waals surface area contributed by atoms with E-state index in [4.69, 9.17) is 11.6 Å². The number of rotatable bonds is 4. The zero-order chi connectivity index (χ0) is 13.8. The van der Waals surface area contributed by atoms with Gasteiger partial charge in [-0.3, -0.25) is 4.79 Å². The molecule has 2 heteroatoms. The van der Waals surface area contributed by atoms with E-state index >= 15 is 0 Å². The lowest BCUT2D eigenvalue weighted by molar-refractivity contribution is -0.117. The molecule has 0 N–H and O–H groups in total. The van der Waals surface area contributed by atoms with Gasteiger partial charge in [0.05, 0.1) is 0 Å². The largest absolute Gasteiger partial charge is 0.299 e. The van der Waals surface area contributed by atoms with Crippen molar-refractivity contribution in [1.29, 1.82) is 0 Å². The average Bonchev–Trinajstić information content (AvgIpc) is 2.37. The molecule has 0 aliphatic carbocycles. The highest BCUT2D eigenvalue weighted by molar-refractivity contribution is 6.31. The Labute approximate surface area is 119 Å². The molecule has 0 heterocycles. The van der Waals surface area contributed by atoms with Gasteiger partial charge in [0.15, 0.2) is 0 Å². The van der Waals surface area contributed by atoms with E-state index in [2.05, 4.69) is 26.0 Å². The average molecular weight is 273 g/mol. The molecule has 0 aliphatic heterocycles. The molecule has 0 radical (unpaired) electrons. The Balaban J connectivity index is 2.05. The van der Waals surface area contributed by atoms with Crippen LogP contribution in [0.1, 0.15) is 22.3 Å². The SMILES string of the molecule is Cc1ccc(CC(=O)Cc2ccccc2Cl)cc1C. The van der Waals surface area contributed by atoms with E-state index in [1.54, 1.807) is 0 Å². The van der Waals surface area contributed by atoms with Crippen molar-refractivity contribution in [1.82, 2.24) is 0 Å². The monoisotopic (exact) mass is 272 g/mol. The highest BCUT2D eigenvalue weighted by Gasteiger charge is 2.08. The third-order valence-electron chi connectivity index (χ3n) is 3.32. The molecule has 0 amide bonds. The van der Waals surface area contributed by atoms with Crippen LogP contribution in [0.2, 0.25) is 5.02 Å². The van der Waals surface area contributed by atoms with Crippen LogP contribution < -0.4 is 0 Å². The maximum atomic E-state index is 12.1.